The molecule has 5 N–H and O–H groups in total. The lowest BCUT2D eigenvalue weighted by molar-refractivity contribution is -0.0436. The van der Waals surface area contributed by atoms with Crippen LogP contribution < -0.4 is 5.73 Å². The van der Waals surface area contributed by atoms with E-state index >= 15 is 0 Å². The van der Waals surface area contributed by atoms with Crippen molar-refractivity contribution >= 4 is 40.8 Å². The van der Waals surface area contributed by atoms with E-state index in [-0.39, 0.29) is 24.1 Å². The van der Waals surface area contributed by atoms with Gasteiger partial charge in [0.15, 0.2) is 16.2 Å². The lowest BCUT2D eigenvalue weighted by Crippen LogP contribution is -2.24. The van der Waals surface area contributed by atoms with Gasteiger partial charge in [0.25, 0.3) is 0 Å². The third-order valence-electron chi connectivity index (χ3n) is 3.24. The molecular formula is C10H12ClN5O3S. The van der Waals surface area contributed by atoms with Crippen LogP contribution in [0.3, 0.4) is 0 Å². The van der Waals surface area contributed by atoms with Gasteiger partial charge in [-0.1, -0.05) is 0 Å². The van der Waals surface area contributed by atoms with Gasteiger partial charge < -0.3 is 25.7 Å². The van der Waals surface area contributed by atoms with Crippen molar-refractivity contribution in [1.29, 1.82) is 0 Å². The van der Waals surface area contributed by atoms with Crippen molar-refractivity contribution in [2.75, 3.05) is 12.3 Å². The van der Waals surface area contributed by atoms with Gasteiger partial charge in [0.05, 0.1) is 12.7 Å². The van der Waals surface area contributed by atoms with Gasteiger partial charge in [0.2, 0.25) is 5.28 Å². The number of H-pyrrole nitrogens is 1. The highest BCUT2D eigenvalue weighted by Crippen LogP contribution is 2.32. The number of nitrogen functional groups attached to an aromatic ring is 1. The summed E-state index contributed by atoms with van der Waals surface area (Å²) >= 11 is 11.0. The molecule has 108 valence electrons. The fourth-order valence-corrected chi connectivity index (χ4v) is 2.78. The number of aromatic amines is 1. The lowest BCUT2D eigenvalue weighted by atomic mass is 10.2. The summed E-state index contributed by atoms with van der Waals surface area (Å²) in [6.45, 7) is -0.273. The van der Waals surface area contributed by atoms with Crippen LogP contribution in [0.5, 0.6) is 0 Å². The second-order valence-electron chi connectivity index (χ2n) is 4.49. The van der Waals surface area contributed by atoms with Crippen LogP contribution >= 0.6 is 23.8 Å². The zero-order chi connectivity index (χ0) is 14.4. The molecule has 1 fully saturated rings. The van der Waals surface area contributed by atoms with Gasteiger partial charge in [-0.05, 0) is 23.8 Å². The monoisotopic (exact) mass is 317 g/mol. The molecule has 1 aliphatic rings. The fraction of sp³-hybridized carbons (Fsp3) is 0.500. The normalized spacial score (nSPS) is 26.4. The summed E-state index contributed by atoms with van der Waals surface area (Å²) in [6, 6.07) is 0. The van der Waals surface area contributed by atoms with E-state index in [1.807, 2.05) is 0 Å². The molecular weight excluding hydrogens is 306 g/mol. The highest BCUT2D eigenvalue weighted by atomic mass is 35.5. The molecule has 2 aromatic heterocycles. The largest absolute Gasteiger partial charge is 0.394 e. The molecule has 0 amide bonds. The van der Waals surface area contributed by atoms with Crippen molar-refractivity contribution in [3.8, 4) is 0 Å². The fourth-order valence-electron chi connectivity index (χ4n) is 2.30. The van der Waals surface area contributed by atoms with Gasteiger partial charge in [-0.15, -0.1) is 0 Å². The number of rotatable bonds is 2. The number of hydrogen-bond acceptors (Lipinski definition) is 7. The SMILES string of the molecule is Nc1nc(Cl)nc2c1[nH]c(=S)n2[C@H]1C[C@H](O)[C@@H](CO)O1. The Morgan fingerprint density at radius 1 is 1.55 bits per heavy atom. The minimum absolute atomic E-state index is 0.00463. The maximum Gasteiger partial charge on any atom is 0.226 e. The second-order valence-corrected chi connectivity index (χ2v) is 5.22. The zero-order valence-corrected chi connectivity index (χ0v) is 11.7. The molecule has 0 saturated carbocycles. The van der Waals surface area contributed by atoms with Crippen molar-refractivity contribution in [3.05, 3.63) is 10.1 Å². The second kappa shape index (κ2) is 4.93. The number of nitrogens with two attached hydrogens (primary N) is 1. The van der Waals surface area contributed by atoms with Gasteiger partial charge in [-0.25, -0.2) is 0 Å². The average molecular weight is 318 g/mol. The third kappa shape index (κ3) is 2.07. The Hall–Kier alpha value is -1.26. The number of aliphatic hydroxyl groups excluding tert-OH is 2. The third-order valence-corrected chi connectivity index (χ3v) is 3.71. The number of nitrogens with zero attached hydrogens (tertiary/aromatic N) is 3. The van der Waals surface area contributed by atoms with Crippen LogP contribution in [-0.2, 0) is 4.74 Å². The van der Waals surface area contributed by atoms with Crippen LogP contribution in [0.2, 0.25) is 5.28 Å². The number of halogens is 1. The molecule has 0 spiro atoms. The Bertz CT molecular complexity index is 717. The number of imidazole rings is 1. The molecule has 2 aromatic rings. The highest BCUT2D eigenvalue weighted by molar-refractivity contribution is 7.71. The van der Waals surface area contributed by atoms with E-state index < -0.39 is 18.4 Å². The van der Waals surface area contributed by atoms with Crippen molar-refractivity contribution in [3.63, 3.8) is 0 Å². The van der Waals surface area contributed by atoms with E-state index in [0.29, 0.717) is 15.9 Å². The van der Waals surface area contributed by atoms with E-state index in [2.05, 4.69) is 15.0 Å². The number of fused-ring (bicyclic) bond motifs is 1. The van der Waals surface area contributed by atoms with Gasteiger partial charge >= 0.3 is 0 Å². The summed E-state index contributed by atoms with van der Waals surface area (Å²) in [5.41, 5.74) is 6.63. The number of aliphatic hydroxyl groups is 2. The smallest absolute Gasteiger partial charge is 0.226 e. The number of anilines is 1. The van der Waals surface area contributed by atoms with Gasteiger partial charge in [-0.2, -0.15) is 9.97 Å². The molecule has 0 aliphatic carbocycles. The van der Waals surface area contributed by atoms with E-state index in [9.17, 15) is 5.11 Å². The van der Waals surface area contributed by atoms with Gasteiger partial charge in [0, 0.05) is 6.42 Å². The quantitative estimate of drug-likeness (QED) is 0.466. The van der Waals surface area contributed by atoms with Crippen LogP contribution in [0.1, 0.15) is 12.6 Å². The summed E-state index contributed by atoms with van der Waals surface area (Å²) in [5, 5.41) is 18.9. The van der Waals surface area contributed by atoms with Crippen molar-refractivity contribution in [1.82, 2.24) is 19.5 Å². The van der Waals surface area contributed by atoms with E-state index in [1.54, 1.807) is 4.57 Å². The van der Waals surface area contributed by atoms with Crippen molar-refractivity contribution < 1.29 is 14.9 Å². The summed E-state index contributed by atoms with van der Waals surface area (Å²) < 4.78 is 7.48. The first-order chi connectivity index (χ1) is 9.51. The minimum Gasteiger partial charge on any atom is -0.394 e. The molecule has 3 atom stereocenters. The minimum atomic E-state index is -0.772. The number of ether oxygens (including phenoxy) is 1. The van der Waals surface area contributed by atoms with E-state index in [0.717, 1.165) is 0 Å². The molecule has 1 aliphatic heterocycles. The maximum absolute atomic E-state index is 9.80. The summed E-state index contributed by atoms with van der Waals surface area (Å²) in [4.78, 5) is 10.8. The zero-order valence-electron chi connectivity index (χ0n) is 10.2. The number of hydrogen-bond donors (Lipinski definition) is 4. The first kappa shape index (κ1) is 13.7. The Kier molecular flexibility index (Phi) is 3.38. The first-order valence-corrected chi connectivity index (χ1v) is 6.67. The Labute approximate surface area is 123 Å². The summed E-state index contributed by atoms with van der Waals surface area (Å²) in [7, 11) is 0. The number of aromatic nitrogens is 4. The van der Waals surface area contributed by atoms with Crippen LogP contribution in [0, 0.1) is 4.77 Å². The van der Waals surface area contributed by atoms with Crippen LogP contribution in [0.25, 0.3) is 11.2 Å². The predicted molar refractivity (Wildman–Crippen MR) is 73.8 cm³/mol. The topological polar surface area (TPSA) is 122 Å². The highest BCUT2D eigenvalue weighted by Gasteiger charge is 2.35. The standard InChI is InChI=1S/C10H12ClN5O3S/c11-9-14-7(12)6-8(15-9)16(10(20)13-6)5-1-3(18)4(2-17)19-5/h3-5,17-18H,1-2H2,(H,13,20)(H2,12,14,15)/t3-,4+,5+/m0/s1. The average Bonchev–Trinajstić information content (AvgIpc) is 2.89. The van der Waals surface area contributed by atoms with Crippen LogP contribution in [0.15, 0.2) is 0 Å². The number of nitrogens with one attached hydrogen (secondary N) is 1. The van der Waals surface area contributed by atoms with Crippen LogP contribution in [-0.4, -0.2) is 48.5 Å². The molecule has 0 unspecified atom stereocenters. The molecule has 0 radical (unpaired) electrons. The molecule has 3 rings (SSSR count). The van der Waals surface area contributed by atoms with Gasteiger partial charge in [0.1, 0.15) is 17.8 Å². The van der Waals surface area contributed by atoms with Crippen molar-refractivity contribution in [2.45, 2.75) is 24.9 Å². The summed E-state index contributed by atoms with van der Waals surface area (Å²) in [5.74, 6) is 0.183. The molecule has 8 nitrogen and oxygen atoms in total. The van der Waals surface area contributed by atoms with E-state index in [4.69, 9.17) is 39.4 Å². The molecule has 0 bridgehead atoms. The Balaban J connectivity index is 2.13. The predicted octanol–water partition coefficient (Wildman–Crippen LogP) is 0.365. The Morgan fingerprint density at radius 2 is 2.30 bits per heavy atom. The first-order valence-electron chi connectivity index (χ1n) is 5.89. The lowest BCUT2D eigenvalue weighted by Gasteiger charge is -2.13. The molecule has 10 heteroatoms. The molecule has 0 aromatic carbocycles. The van der Waals surface area contributed by atoms with Crippen molar-refractivity contribution in [2.24, 2.45) is 0 Å². The van der Waals surface area contributed by atoms with E-state index in [1.165, 1.54) is 0 Å². The molecule has 20 heavy (non-hydrogen) atoms. The van der Waals surface area contributed by atoms with Crippen LogP contribution in [0.4, 0.5) is 5.82 Å². The summed E-state index contributed by atoms with van der Waals surface area (Å²) in [6.07, 6.45) is -1.68. The maximum atomic E-state index is 9.80. The molecule has 1 saturated heterocycles. The Morgan fingerprint density at radius 3 is 2.95 bits per heavy atom. The van der Waals surface area contributed by atoms with Gasteiger partial charge in [-0.3, -0.25) is 4.57 Å². The molecule has 3 heterocycles.